The molecule has 0 saturated carbocycles. The molecule has 2 heterocycles. The molecule has 2 N–H and O–H groups in total. The Morgan fingerprint density at radius 1 is 1.28 bits per heavy atom. The number of likely N-dealkylation sites (tertiary alicyclic amines) is 1. The van der Waals surface area contributed by atoms with Gasteiger partial charge in [-0.2, -0.15) is 8.42 Å². The maximum Gasteiger partial charge on any atom is 0.410 e. The molecular weight excluding hydrogens is 405 g/mol. The van der Waals surface area contributed by atoms with E-state index in [1.165, 1.54) is 12.1 Å². The standard InChI is InChI=1S/C18H24FN3O6S/c1-18(2,3)28-17(25)21-8-6-11(7-9-21)12-4-5-13(23)16(15(12)19)22-10-14(24)20-29(22,26)27/h4-5,11,23H,6-10H2,1-3H3,(H,20,24). The van der Waals surface area contributed by atoms with Crippen molar-refractivity contribution in [3.8, 4) is 5.75 Å². The molecule has 2 saturated heterocycles. The topological polar surface area (TPSA) is 116 Å². The maximum absolute atomic E-state index is 15.2. The van der Waals surface area contributed by atoms with Crippen molar-refractivity contribution in [1.82, 2.24) is 9.62 Å². The average molecular weight is 429 g/mol. The van der Waals surface area contributed by atoms with Crippen molar-refractivity contribution in [2.75, 3.05) is 23.9 Å². The van der Waals surface area contributed by atoms with Crippen LogP contribution >= 0.6 is 0 Å². The van der Waals surface area contributed by atoms with Crippen LogP contribution in [0.25, 0.3) is 0 Å². The summed E-state index contributed by atoms with van der Waals surface area (Å²) in [6.45, 7) is 5.44. The molecule has 0 aliphatic carbocycles. The minimum atomic E-state index is -4.25. The molecule has 3 rings (SSSR count). The van der Waals surface area contributed by atoms with E-state index in [1.807, 2.05) is 0 Å². The zero-order valence-corrected chi connectivity index (χ0v) is 17.3. The molecule has 9 nitrogen and oxygen atoms in total. The van der Waals surface area contributed by atoms with Crippen molar-refractivity contribution >= 4 is 27.9 Å². The summed E-state index contributed by atoms with van der Waals surface area (Å²) in [5, 5.41) is 10.1. The number of rotatable bonds is 2. The van der Waals surface area contributed by atoms with E-state index in [0.717, 1.165) is 0 Å². The Hall–Kier alpha value is -2.56. The van der Waals surface area contributed by atoms with E-state index in [9.17, 15) is 23.1 Å². The molecule has 1 aromatic carbocycles. The summed E-state index contributed by atoms with van der Waals surface area (Å²) in [6, 6.07) is 2.62. The maximum atomic E-state index is 15.2. The second-order valence-electron chi connectivity index (χ2n) is 8.12. The molecule has 0 radical (unpaired) electrons. The van der Waals surface area contributed by atoms with E-state index in [4.69, 9.17) is 4.74 Å². The minimum absolute atomic E-state index is 0.233. The summed E-state index contributed by atoms with van der Waals surface area (Å²) in [5.74, 6) is -2.54. The van der Waals surface area contributed by atoms with Gasteiger partial charge in [0.2, 0.25) is 0 Å². The number of anilines is 1. The first kappa shape index (κ1) is 21.2. The van der Waals surface area contributed by atoms with Gasteiger partial charge in [0, 0.05) is 13.1 Å². The molecule has 0 spiro atoms. The lowest BCUT2D eigenvalue weighted by molar-refractivity contribution is -0.117. The number of carbonyl (C=O) groups is 2. The highest BCUT2D eigenvalue weighted by Crippen LogP contribution is 2.40. The fourth-order valence-corrected chi connectivity index (χ4v) is 4.63. The number of hydrogen-bond acceptors (Lipinski definition) is 6. The van der Waals surface area contributed by atoms with Crippen LogP contribution in [0, 0.1) is 5.82 Å². The van der Waals surface area contributed by atoms with Crippen molar-refractivity contribution in [1.29, 1.82) is 0 Å². The highest BCUT2D eigenvalue weighted by Gasteiger charge is 2.39. The molecule has 0 bridgehead atoms. The van der Waals surface area contributed by atoms with E-state index < -0.39 is 51.6 Å². The van der Waals surface area contributed by atoms with E-state index in [-0.39, 0.29) is 11.5 Å². The van der Waals surface area contributed by atoms with E-state index in [0.29, 0.717) is 30.2 Å². The largest absolute Gasteiger partial charge is 0.506 e. The van der Waals surface area contributed by atoms with Gasteiger partial charge in [0.15, 0.2) is 5.82 Å². The van der Waals surface area contributed by atoms with Crippen molar-refractivity contribution in [3.05, 3.63) is 23.5 Å². The number of phenolic OH excluding ortho intramolecular Hbond substituents is 1. The van der Waals surface area contributed by atoms with E-state index in [1.54, 1.807) is 30.4 Å². The van der Waals surface area contributed by atoms with Gasteiger partial charge >= 0.3 is 16.3 Å². The Morgan fingerprint density at radius 3 is 2.41 bits per heavy atom. The number of ether oxygens (including phenoxy) is 1. The normalized spacial score (nSPS) is 19.9. The average Bonchev–Trinajstić information content (AvgIpc) is 2.86. The molecule has 0 unspecified atom stereocenters. The van der Waals surface area contributed by atoms with Gasteiger partial charge in [-0.25, -0.2) is 18.2 Å². The Balaban J connectivity index is 1.80. The molecule has 1 aromatic rings. The second-order valence-corrected chi connectivity index (χ2v) is 9.71. The van der Waals surface area contributed by atoms with Gasteiger partial charge in [-0.05, 0) is 51.2 Å². The van der Waals surface area contributed by atoms with Crippen molar-refractivity contribution in [2.24, 2.45) is 0 Å². The Morgan fingerprint density at radius 2 is 1.90 bits per heavy atom. The monoisotopic (exact) mass is 429 g/mol. The first-order valence-electron chi connectivity index (χ1n) is 9.21. The van der Waals surface area contributed by atoms with Gasteiger partial charge in [0.1, 0.15) is 23.6 Å². The molecule has 0 atom stereocenters. The number of aromatic hydroxyl groups is 1. The minimum Gasteiger partial charge on any atom is -0.506 e. The molecule has 2 aliphatic rings. The molecule has 29 heavy (non-hydrogen) atoms. The molecular formula is C18H24FN3O6S. The Kier molecular flexibility index (Phi) is 5.37. The molecule has 2 amide bonds. The third-order valence-corrected chi connectivity index (χ3v) is 6.16. The molecule has 2 fully saturated rings. The molecule has 11 heteroatoms. The number of nitrogens with one attached hydrogen (secondary N) is 1. The van der Waals surface area contributed by atoms with Crippen LogP contribution in [0.2, 0.25) is 0 Å². The highest BCUT2D eigenvalue weighted by molar-refractivity contribution is 7.92. The third-order valence-electron chi connectivity index (χ3n) is 4.78. The Bertz CT molecular complexity index is 936. The lowest BCUT2D eigenvalue weighted by atomic mass is 9.88. The molecule has 160 valence electrons. The second kappa shape index (κ2) is 7.36. The van der Waals surface area contributed by atoms with Crippen molar-refractivity contribution in [2.45, 2.75) is 45.1 Å². The summed E-state index contributed by atoms with van der Waals surface area (Å²) >= 11 is 0. The van der Waals surface area contributed by atoms with Gasteiger partial charge in [-0.15, -0.1) is 0 Å². The summed E-state index contributed by atoms with van der Waals surface area (Å²) in [4.78, 5) is 25.2. The van der Waals surface area contributed by atoms with Crippen molar-refractivity contribution in [3.63, 3.8) is 0 Å². The number of carbonyl (C=O) groups excluding carboxylic acids is 2. The number of nitrogens with zero attached hydrogens (tertiary/aromatic N) is 2. The number of amides is 2. The summed E-state index contributed by atoms with van der Waals surface area (Å²) in [5.41, 5.74) is -0.926. The van der Waals surface area contributed by atoms with Gasteiger partial charge < -0.3 is 14.7 Å². The fraction of sp³-hybridized carbons (Fsp3) is 0.556. The first-order chi connectivity index (χ1) is 13.4. The van der Waals surface area contributed by atoms with Crippen LogP contribution in [-0.2, 0) is 19.7 Å². The highest BCUT2D eigenvalue weighted by atomic mass is 32.2. The Labute approximate surface area is 168 Å². The lowest BCUT2D eigenvalue weighted by Gasteiger charge is -2.34. The molecule has 2 aliphatic heterocycles. The van der Waals surface area contributed by atoms with Crippen LogP contribution in [0.1, 0.15) is 45.1 Å². The SMILES string of the molecule is CC(C)(C)OC(=O)N1CCC(c2ccc(O)c(N3CC(=O)NS3(=O)=O)c2F)CC1. The van der Waals surface area contributed by atoms with Crippen LogP contribution in [0.3, 0.4) is 0 Å². The van der Waals surface area contributed by atoms with Crippen LogP contribution in [-0.4, -0.2) is 55.7 Å². The number of hydrogen-bond donors (Lipinski definition) is 2. The van der Waals surface area contributed by atoms with Crippen LogP contribution in [0.5, 0.6) is 5.75 Å². The van der Waals surface area contributed by atoms with Crippen LogP contribution < -0.4 is 9.03 Å². The predicted octanol–water partition coefficient (Wildman–Crippen LogP) is 1.83. The van der Waals surface area contributed by atoms with Crippen LogP contribution in [0.4, 0.5) is 14.9 Å². The fourth-order valence-electron chi connectivity index (χ4n) is 3.47. The molecule has 0 aromatic heterocycles. The zero-order valence-electron chi connectivity index (χ0n) is 16.4. The van der Waals surface area contributed by atoms with Crippen molar-refractivity contribution < 1.29 is 32.2 Å². The zero-order chi connectivity index (χ0) is 21.6. The summed E-state index contributed by atoms with van der Waals surface area (Å²) in [7, 11) is -4.25. The van der Waals surface area contributed by atoms with E-state index >= 15 is 4.39 Å². The van der Waals surface area contributed by atoms with Gasteiger partial charge in [-0.1, -0.05) is 6.07 Å². The number of benzene rings is 1. The summed E-state index contributed by atoms with van der Waals surface area (Å²) < 4.78 is 46.9. The number of halogens is 1. The summed E-state index contributed by atoms with van der Waals surface area (Å²) in [6.07, 6.45) is 0.463. The smallest absolute Gasteiger partial charge is 0.410 e. The van der Waals surface area contributed by atoms with Gasteiger partial charge in [0.25, 0.3) is 5.91 Å². The van der Waals surface area contributed by atoms with Gasteiger partial charge in [-0.3, -0.25) is 4.79 Å². The predicted molar refractivity (Wildman–Crippen MR) is 102 cm³/mol. The van der Waals surface area contributed by atoms with Crippen LogP contribution in [0.15, 0.2) is 12.1 Å². The van der Waals surface area contributed by atoms with Gasteiger partial charge in [0.05, 0.1) is 0 Å². The lowest BCUT2D eigenvalue weighted by Crippen LogP contribution is -2.41. The number of piperidine rings is 1. The number of phenols is 1. The quantitative estimate of drug-likeness (QED) is 0.741. The van der Waals surface area contributed by atoms with E-state index in [2.05, 4.69) is 0 Å². The third kappa shape index (κ3) is 4.39. The first-order valence-corrected chi connectivity index (χ1v) is 10.7.